The molecule has 0 aliphatic heterocycles. The van der Waals surface area contributed by atoms with Gasteiger partial charge in [-0.25, -0.2) is 0 Å². The molecule has 0 radical (unpaired) electrons. The zero-order valence-electron chi connectivity index (χ0n) is 15.7. The maximum absolute atomic E-state index is 12.6. The van der Waals surface area contributed by atoms with E-state index in [1.54, 1.807) is 0 Å². The number of Topliss-reactive ketones (excluding diaryl/α,β-unsaturated/α-hetero) is 1. The second-order valence-corrected chi connectivity index (χ2v) is 15.2. The zero-order valence-corrected chi connectivity index (χ0v) is 17.5. The number of hydrogen-bond donors (Lipinski definition) is 0. The van der Waals surface area contributed by atoms with Crippen LogP contribution in [-0.2, 0) is 23.5 Å². The van der Waals surface area contributed by atoms with Crippen molar-refractivity contribution in [3.8, 4) is 0 Å². The molecule has 26 heavy (non-hydrogen) atoms. The van der Waals surface area contributed by atoms with Crippen molar-refractivity contribution in [3.63, 3.8) is 0 Å². The molecule has 0 saturated heterocycles. The van der Waals surface area contributed by atoms with E-state index in [9.17, 15) is 26.4 Å². The maximum Gasteiger partial charge on any atom is 0.523 e. The molecular formula is C16H27F3O5SSi. The van der Waals surface area contributed by atoms with Gasteiger partial charge >= 0.3 is 15.6 Å². The molecule has 4 atom stereocenters. The molecule has 2 aliphatic rings. The van der Waals surface area contributed by atoms with Crippen molar-refractivity contribution < 1.29 is 35.0 Å². The van der Waals surface area contributed by atoms with Crippen LogP contribution in [0.4, 0.5) is 13.2 Å². The van der Waals surface area contributed by atoms with Crippen LogP contribution in [0, 0.1) is 17.8 Å². The van der Waals surface area contributed by atoms with Crippen molar-refractivity contribution in [1.29, 1.82) is 0 Å². The smallest absolute Gasteiger partial charge is 0.414 e. The predicted molar refractivity (Wildman–Crippen MR) is 92.3 cm³/mol. The third kappa shape index (κ3) is 4.34. The highest BCUT2D eigenvalue weighted by Crippen LogP contribution is 2.50. The number of alkyl halides is 3. The van der Waals surface area contributed by atoms with Crippen molar-refractivity contribution >= 4 is 24.2 Å². The standard InChI is InChI=1S/C16H27F3O5SSi/c1-15(2,3)26(4,5)24-14-7-10-6-11(20)8-12(10)13(14)9-23-25(21,22)16(17,18)19/h10,12-14H,6-9H2,1-5H3/t10-,12-,13+,14+/m0/s1. The van der Waals surface area contributed by atoms with Crippen molar-refractivity contribution in [1.82, 2.24) is 0 Å². The molecule has 0 aromatic rings. The Kier molecular flexibility index (Phi) is 5.76. The largest absolute Gasteiger partial charge is 0.523 e. The van der Waals surface area contributed by atoms with Gasteiger partial charge in [-0.3, -0.25) is 8.98 Å². The van der Waals surface area contributed by atoms with E-state index in [-0.39, 0.29) is 35.2 Å². The van der Waals surface area contributed by atoms with Gasteiger partial charge < -0.3 is 4.43 Å². The van der Waals surface area contributed by atoms with Gasteiger partial charge in [0, 0.05) is 18.8 Å². The molecule has 0 unspecified atom stereocenters. The summed E-state index contributed by atoms with van der Waals surface area (Å²) in [6, 6.07) is 0. The summed E-state index contributed by atoms with van der Waals surface area (Å²) in [5.74, 6) is -0.618. The van der Waals surface area contributed by atoms with Gasteiger partial charge in [-0.15, -0.1) is 0 Å². The van der Waals surface area contributed by atoms with Gasteiger partial charge in [0.2, 0.25) is 0 Å². The molecule has 0 N–H and O–H groups in total. The molecule has 2 saturated carbocycles. The molecule has 0 heterocycles. The second kappa shape index (κ2) is 6.86. The molecular weight excluding hydrogens is 389 g/mol. The number of rotatable bonds is 5. The summed E-state index contributed by atoms with van der Waals surface area (Å²) in [6.45, 7) is 9.64. The van der Waals surface area contributed by atoms with Crippen molar-refractivity contribution in [2.75, 3.05) is 6.61 Å². The van der Waals surface area contributed by atoms with Crippen LogP contribution in [0.5, 0.6) is 0 Å². The van der Waals surface area contributed by atoms with Gasteiger partial charge in [-0.05, 0) is 36.4 Å². The van der Waals surface area contributed by atoms with Crippen LogP contribution >= 0.6 is 0 Å². The van der Waals surface area contributed by atoms with Gasteiger partial charge in [0.1, 0.15) is 5.78 Å². The summed E-state index contributed by atoms with van der Waals surface area (Å²) in [4.78, 5) is 11.7. The first-order valence-electron chi connectivity index (χ1n) is 8.70. The lowest BCUT2D eigenvalue weighted by Crippen LogP contribution is -2.46. The number of carbonyl (C=O) groups is 1. The Bertz CT molecular complexity index is 654. The molecule has 5 nitrogen and oxygen atoms in total. The molecule has 0 aromatic heterocycles. The van der Waals surface area contributed by atoms with Gasteiger partial charge in [-0.1, -0.05) is 20.8 Å². The fourth-order valence-electron chi connectivity index (χ4n) is 3.62. The SMILES string of the molecule is CC(C)(C)[Si](C)(C)O[C@@H]1C[C@@H]2CC(=O)C[C@@H]2[C@H]1COS(=O)(=O)C(F)(F)F. The topological polar surface area (TPSA) is 69.7 Å². The third-order valence-corrected chi connectivity index (χ3v) is 11.6. The van der Waals surface area contributed by atoms with Crippen LogP contribution < -0.4 is 0 Å². The van der Waals surface area contributed by atoms with E-state index in [4.69, 9.17) is 4.43 Å². The van der Waals surface area contributed by atoms with E-state index in [1.165, 1.54) is 0 Å². The first kappa shape index (κ1) is 21.8. The summed E-state index contributed by atoms with van der Waals surface area (Å²) < 4.78 is 70.9. The Morgan fingerprint density at radius 1 is 1.15 bits per heavy atom. The Morgan fingerprint density at radius 3 is 2.23 bits per heavy atom. The van der Waals surface area contributed by atoms with Crippen molar-refractivity contribution in [2.24, 2.45) is 17.8 Å². The molecule has 2 aliphatic carbocycles. The average Bonchev–Trinajstić information content (AvgIpc) is 2.89. The van der Waals surface area contributed by atoms with Gasteiger partial charge in [0.25, 0.3) is 0 Å². The fraction of sp³-hybridized carbons (Fsp3) is 0.938. The van der Waals surface area contributed by atoms with Crippen LogP contribution in [0.3, 0.4) is 0 Å². The van der Waals surface area contributed by atoms with E-state index < -0.39 is 36.5 Å². The molecule has 0 aromatic carbocycles. The highest BCUT2D eigenvalue weighted by atomic mass is 32.2. The quantitative estimate of drug-likeness (QED) is 0.387. The number of carbonyl (C=O) groups excluding carboxylic acids is 1. The summed E-state index contributed by atoms with van der Waals surface area (Å²) in [6.07, 6.45) is 0.804. The maximum atomic E-state index is 12.6. The van der Waals surface area contributed by atoms with Crippen LogP contribution in [0.15, 0.2) is 0 Å². The first-order chi connectivity index (χ1) is 11.6. The third-order valence-electron chi connectivity index (χ3n) is 6.07. The summed E-state index contributed by atoms with van der Waals surface area (Å²) in [5.41, 5.74) is -5.45. The monoisotopic (exact) mass is 416 g/mol. The first-order valence-corrected chi connectivity index (χ1v) is 13.0. The zero-order chi connectivity index (χ0) is 20.1. The Hall–Kier alpha value is -0.453. The fourth-order valence-corrected chi connectivity index (χ4v) is 5.47. The number of ketones is 1. The average molecular weight is 417 g/mol. The lowest BCUT2D eigenvalue weighted by atomic mass is 9.92. The van der Waals surface area contributed by atoms with E-state index >= 15 is 0 Å². The van der Waals surface area contributed by atoms with Crippen LogP contribution in [-0.4, -0.2) is 40.7 Å². The minimum absolute atomic E-state index is 0.0273. The van der Waals surface area contributed by atoms with Crippen LogP contribution in [0.1, 0.15) is 40.0 Å². The highest BCUT2D eigenvalue weighted by molar-refractivity contribution is 7.87. The Morgan fingerprint density at radius 2 is 1.73 bits per heavy atom. The van der Waals surface area contributed by atoms with E-state index in [2.05, 4.69) is 25.0 Å². The lowest BCUT2D eigenvalue weighted by Gasteiger charge is -2.40. The predicted octanol–water partition coefficient (Wildman–Crippen LogP) is 3.86. The molecule has 10 heteroatoms. The molecule has 0 spiro atoms. The number of halogens is 3. The summed E-state index contributed by atoms with van der Waals surface area (Å²) in [7, 11) is -7.85. The lowest BCUT2D eigenvalue weighted by molar-refractivity contribution is -0.118. The molecule has 2 rings (SSSR count). The van der Waals surface area contributed by atoms with E-state index in [0.717, 1.165) is 0 Å². The van der Waals surface area contributed by atoms with Gasteiger partial charge in [0.05, 0.1) is 12.7 Å². The summed E-state index contributed by atoms with van der Waals surface area (Å²) >= 11 is 0. The minimum Gasteiger partial charge on any atom is -0.414 e. The number of hydrogen-bond acceptors (Lipinski definition) is 5. The van der Waals surface area contributed by atoms with Crippen molar-refractivity contribution in [3.05, 3.63) is 0 Å². The van der Waals surface area contributed by atoms with Gasteiger partial charge in [-0.2, -0.15) is 21.6 Å². The normalized spacial score (nSPS) is 30.7. The van der Waals surface area contributed by atoms with Gasteiger partial charge in [0.15, 0.2) is 8.32 Å². The molecule has 0 bridgehead atoms. The second-order valence-electron chi connectivity index (χ2n) is 8.87. The van der Waals surface area contributed by atoms with E-state index in [1.807, 2.05) is 13.1 Å². The minimum atomic E-state index is -5.65. The van der Waals surface area contributed by atoms with E-state index in [0.29, 0.717) is 12.8 Å². The van der Waals surface area contributed by atoms with Crippen LogP contribution in [0.25, 0.3) is 0 Å². The highest BCUT2D eigenvalue weighted by Gasteiger charge is 2.53. The number of fused-ring (bicyclic) bond motifs is 1. The van der Waals surface area contributed by atoms with Crippen molar-refractivity contribution in [2.45, 2.75) is 69.8 Å². The molecule has 0 amide bonds. The Labute approximate surface area is 153 Å². The summed E-state index contributed by atoms with van der Waals surface area (Å²) in [5, 5.41) is -0.0933. The Balaban J connectivity index is 2.18. The molecule has 2 fully saturated rings. The van der Waals surface area contributed by atoms with Crippen LogP contribution in [0.2, 0.25) is 18.1 Å². The molecule has 152 valence electrons.